The topological polar surface area (TPSA) is 69.5 Å². The molecule has 27 heavy (non-hydrogen) atoms. The second kappa shape index (κ2) is 8.08. The molecule has 7 heteroatoms. The molecule has 3 heterocycles. The molecular weight excluding hydrogens is 344 g/mol. The van der Waals surface area contributed by atoms with Gasteiger partial charge in [-0.15, -0.1) is 0 Å². The van der Waals surface area contributed by atoms with Gasteiger partial charge in [-0.3, -0.25) is 14.5 Å². The fourth-order valence-electron chi connectivity index (χ4n) is 3.64. The molecule has 1 aliphatic heterocycles. The number of aryl methyl sites for hydroxylation is 1. The summed E-state index contributed by atoms with van der Waals surface area (Å²) >= 11 is 0. The van der Waals surface area contributed by atoms with Crippen molar-refractivity contribution in [1.29, 1.82) is 0 Å². The number of methoxy groups -OCH3 is 1. The second-order valence-electron chi connectivity index (χ2n) is 7.75. The fourth-order valence-corrected chi connectivity index (χ4v) is 3.64. The molecule has 0 aliphatic carbocycles. The van der Waals surface area contributed by atoms with Gasteiger partial charge >= 0.3 is 0 Å². The van der Waals surface area contributed by atoms with E-state index in [9.17, 15) is 4.79 Å². The largest absolute Gasteiger partial charge is 0.493 e. The molecular formula is C20H28N4O3. The first-order chi connectivity index (χ1) is 12.9. The van der Waals surface area contributed by atoms with E-state index < -0.39 is 0 Å². The van der Waals surface area contributed by atoms with E-state index in [1.54, 1.807) is 25.4 Å². The Morgan fingerprint density at radius 3 is 2.89 bits per heavy atom. The van der Waals surface area contributed by atoms with E-state index in [1.165, 1.54) is 5.56 Å². The van der Waals surface area contributed by atoms with Gasteiger partial charge in [0, 0.05) is 64.7 Å². The Labute approximate surface area is 160 Å². The molecule has 0 radical (unpaired) electrons. The van der Waals surface area contributed by atoms with E-state index in [0.717, 1.165) is 6.42 Å². The molecule has 0 aromatic carbocycles. The molecule has 3 rings (SSSR count). The molecule has 2 aromatic heterocycles. The standard InChI is InChI=1S/C20H28N4O3/c1-20(2)14-24(13-17(20)15-11-22-23(3)12-15)19(25)18-10-16(6-7-21-18)27-9-5-8-26-4/h6-7,10-12,17H,5,8-9,13-14H2,1-4H3. The molecule has 0 N–H and O–H groups in total. The van der Waals surface area contributed by atoms with Crippen LogP contribution in [0.2, 0.25) is 0 Å². The van der Waals surface area contributed by atoms with E-state index in [4.69, 9.17) is 9.47 Å². The van der Waals surface area contributed by atoms with Crippen LogP contribution in [-0.2, 0) is 11.8 Å². The summed E-state index contributed by atoms with van der Waals surface area (Å²) in [5, 5.41) is 4.28. The molecule has 1 fully saturated rings. The van der Waals surface area contributed by atoms with Crippen LogP contribution in [-0.4, -0.2) is 59.0 Å². The van der Waals surface area contributed by atoms with Crippen LogP contribution < -0.4 is 4.74 Å². The lowest BCUT2D eigenvalue weighted by Gasteiger charge is -2.24. The van der Waals surface area contributed by atoms with Gasteiger partial charge in [0.2, 0.25) is 0 Å². The van der Waals surface area contributed by atoms with Crippen molar-refractivity contribution in [3.63, 3.8) is 0 Å². The normalized spacial score (nSPS) is 18.7. The Bertz CT molecular complexity index is 787. The molecule has 1 unspecified atom stereocenters. The van der Waals surface area contributed by atoms with Crippen LogP contribution in [0.1, 0.15) is 42.2 Å². The molecule has 0 bridgehead atoms. The second-order valence-corrected chi connectivity index (χ2v) is 7.75. The minimum absolute atomic E-state index is 0.0209. The number of nitrogens with zero attached hydrogens (tertiary/aromatic N) is 4. The lowest BCUT2D eigenvalue weighted by atomic mass is 9.79. The van der Waals surface area contributed by atoms with Crippen molar-refractivity contribution in [2.75, 3.05) is 33.4 Å². The first-order valence-electron chi connectivity index (χ1n) is 9.26. The van der Waals surface area contributed by atoms with Crippen molar-refractivity contribution in [2.45, 2.75) is 26.2 Å². The van der Waals surface area contributed by atoms with Crippen molar-refractivity contribution < 1.29 is 14.3 Å². The Morgan fingerprint density at radius 2 is 2.19 bits per heavy atom. The number of hydrogen-bond donors (Lipinski definition) is 0. The monoisotopic (exact) mass is 372 g/mol. The molecule has 146 valence electrons. The summed E-state index contributed by atoms with van der Waals surface area (Å²) in [5.74, 6) is 0.854. The Balaban J connectivity index is 1.69. The minimum atomic E-state index is -0.0585. The first kappa shape index (κ1) is 19.4. The van der Waals surface area contributed by atoms with E-state index >= 15 is 0 Å². The van der Waals surface area contributed by atoms with Gasteiger partial charge in [-0.1, -0.05) is 13.8 Å². The summed E-state index contributed by atoms with van der Waals surface area (Å²) in [4.78, 5) is 19.2. The maximum Gasteiger partial charge on any atom is 0.272 e. The van der Waals surface area contributed by atoms with Crippen LogP contribution in [0.15, 0.2) is 30.7 Å². The molecule has 0 spiro atoms. The lowest BCUT2D eigenvalue weighted by molar-refractivity contribution is 0.0771. The number of carbonyl (C=O) groups excluding carboxylic acids is 1. The van der Waals surface area contributed by atoms with Crippen LogP contribution in [0.25, 0.3) is 0 Å². The van der Waals surface area contributed by atoms with Crippen LogP contribution in [0, 0.1) is 5.41 Å². The van der Waals surface area contributed by atoms with Crippen molar-refractivity contribution in [3.05, 3.63) is 42.0 Å². The Kier molecular flexibility index (Phi) is 5.79. The van der Waals surface area contributed by atoms with Gasteiger partial charge in [0.25, 0.3) is 5.91 Å². The predicted octanol–water partition coefficient (Wildman–Crippen LogP) is 2.50. The SMILES string of the molecule is COCCCOc1ccnc(C(=O)N2CC(c3cnn(C)c3)C(C)(C)C2)c1. The van der Waals surface area contributed by atoms with Crippen LogP contribution in [0.3, 0.4) is 0 Å². The average molecular weight is 372 g/mol. The summed E-state index contributed by atoms with van der Waals surface area (Å²) in [7, 11) is 3.58. The smallest absolute Gasteiger partial charge is 0.272 e. The van der Waals surface area contributed by atoms with E-state index in [-0.39, 0.29) is 17.2 Å². The highest BCUT2D eigenvalue weighted by Gasteiger charge is 2.43. The number of ether oxygens (including phenoxy) is 2. The zero-order chi connectivity index (χ0) is 19.4. The molecule has 0 saturated carbocycles. The third-order valence-corrected chi connectivity index (χ3v) is 5.07. The van der Waals surface area contributed by atoms with Gasteiger partial charge in [0.15, 0.2) is 0 Å². The predicted molar refractivity (Wildman–Crippen MR) is 102 cm³/mol. The fraction of sp³-hybridized carbons (Fsp3) is 0.550. The Hall–Kier alpha value is -2.41. The number of amides is 1. The highest BCUT2D eigenvalue weighted by Crippen LogP contribution is 2.42. The minimum Gasteiger partial charge on any atom is -0.493 e. The zero-order valence-electron chi connectivity index (χ0n) is 16.5. The van der Waals surface area contributed by atoms with Crippen molar-refractivity contribution in [2.24, 2.45) is 12.5 Å². The van der Waals surface area contributed by atoms with Gasteiger partial charge in [-0.25, -0.2) is 0 Å². The quantitative estimate of drug-likeness (QED) is 0.699. The number of carbonyl (C=O) groups is 1. The van der Waals surface area contributed by atoms with Gasteiger partial charge in [0.05, 0.1) is 12.8 Å². The van der Waals surface area contributed by atoms with Gasteiger partial charge in [0.1, 0.15) is 11.4 Å². The van der Waals surface area contributed by atoms with Crippen LogP contribution >= 0.6 is 0 Å². The highest BCUT2D eigenvalue weighted by molar-refractivity contribution is 5.93. The summed E-state index contributed by atoms with van der Waals surface area (Å²) in [6.07, 6.45) is 6.36. The molecule has 1 saturated heterocycles. The molecule has 7 nitrogen and oxygen atoms in total. The maximum absolute atomic E-state index is 13.0. The summed E-state index contributed by atoms with van der Waals surface area (Å²) < 4.78 is 12.5. The molecule has 1 atom stereocenters. The summed E-state index contributed by atoms with van der Waals surface area (Å²) in [5.41, 5.74) is 1.57. The van der Waals surface area contributed by atoms with E-state index in [1.807, 2.05) is 29.0 Å². The number of rotatable bonds is 7. The highest BCUT2D eigenvalue weighted by atomic mass is 16.5. The maximum atomic E-state index is 13.0. The van der Waals surface area contributed by atoms with Crippen molar-refractivity contribution >= 4 is 5.91 Å². The third kappa shape index (κ3) is 4.47. The number of hydrogen-bond acceptors (Lipinski definition) is 5. The van der Waals surface area contributed by atoms with Gasteiger partial charge < -0.3 is 14.4 Å². The first-order valence-corrected chi connectivity index (χ1v) is 9.26. The summed E-state index contributed by atoms with van der Waals surface area (Å²) in [6, 6.07) is 3.50. The molecule has 2 aromatic rings. The molecule has 1 amide bonds. The number of aromatic nitrogens is 3. The molecule has 1 aliphatic rings. The number of pyridine rings is 1. The van der Waals surface area contributed by atoms with Gasteiger partial charge in [-0.05, 0) is 17.0 Å². The lowest BCUT2D eigenvalue weighted by Crippen LogP contribution is -2.30. The van der Waals surface area contributed by atoms with E-state index in [0.29, 0.717) is 37.7 Å². The van der Waals surface area contributed by atoms with Gasteiger partial charge in [-0.2, -0.15) is 5.10 Å². The third-order valence-electron chi connectivity index (χ3n) is 5.07. The number of likely N-dealkylation sites (tertiary alicyclic amines) is 1. The van der Waals surface area contributed by atoms with Crippen LogP contribution in [0.4, 0.5) is 0 Å². The van der Waals surface area contributed by atoms with E-state index in [2.05, 4.69) is 23.9 Å². The zero-order valence-corrected chi connectivity index (χ0v) is 16.5. The van der Waals surface area contributed by atoms with Crippen molar-refractivity contribution in [3.8, 4) is 5.75 Å². The summed E-state index contributed by atoms with van der Waals surface area (Å²) in [6.45, 7) is 6.94. The van der Waals surface area contributed by atoms with Crippen molar-refractivity contribution in [1.82, 2.24) is 19.7 Å². The average Bonchev–Trinajstić information content (AvgIpc) is 3.20. The Morgan fingerprint density at radius 1 is 1.37 bits per heavy atom. The van der Waals surface area contributed by atoms with Crippen LogP contribution in [0.5, 0.6) is 5.75 Å².